The van der Waals surface area contributed by atoms with Crippen LogP contribution in [0.3, 0.4) is 0 Å². The Morgan fingerprint density at radius 2 is 1.00 bits per heavy atom. The average Bonchev–Trinajstić information content (AvgIpc) is 3.33. The summed E-state index contributed by atoms with van der Waals surface area (Å²) in [6.07, 6.45) is -1.74. The van der Waals surface area contributed by atoms with Crippen LogP contribution in [0.4, 0.5) is 13.2 Å². The molecule has 7 aromatic carbocycles. The summed E-state index contributed by atoms with van der Waals surface area (Å²) in [6, 6.07) is 60.7. The molecule has 0 fully saturated rings. The Morgan fingerprint density at radius 1 is 0.615 bits per heavy atom. The second-order valence-electron chi connectivity index (χ2n) is 13.8. The first-order valence-corrected chi connectivity index (χ1v) is 23.2. The molecule has 0 atom stereocenters. The molecule has 0 bridgehead atoms. The second kappa shape index (κ2) is 22.8. The van der Waals surface area contributed by atoms with E-state index in [9.17, 15) is 37.0 Å². The molecule has 0 saturated carbocycles. The number of hydrogen-bond donors (Lipinski definition) is 1. The van der Waals surface area contributed by atoms with Gasteiger partial charge >= 0.3 is 11.8 Å². The summed E-state index contributed by atoms with van der Waals surface area (Å²) in [4.78, 5) is 23.2. The third kappa shape index (κ3) is 11.5. The smallest absolute Gasteiger partial charge is 0.455 e. The van der Waals surface area contributed by atoms with Crippen LogP contribution in [-0.4, -0.2) is 17.1 Å². The number of carbonyl (C=O) groups excluding carboxylic acids is 1. The number of aromatic hydroxyl groups is 1. The number of alkyl halides is 3. The van der Waals surface area contributed by atoms with Crippen molar-refractivity contribution in [3.05, 3.63) is 240 Å². The molecule has 0 amide bonds. The summed E-state index contributed by atoms with van der Waals surface area (Å²) in [6.45, 7) is 5.71. The SMILES string of the molecule is C=C/C(=C\C)P(=O)(c1ccccc1)c1ccccc1.O=C(c1c(O)c2cccc(Oc3ccccc3)c2oc1=O)C(F)(F)F.O=P(c1ccccc1)(c1ccccc1)c1ccccc1.[Gd]. The zero-order valence-corrected chi connectivity index (χ0v) is 38.8. The topological polar surface area (TPSA) is 111 Å². The van der Waals surface area contributed by atoms with Crippen molar-refractivity contribution >= 4 is 57.6 Å². The third-order valence-corrected chi connectivity index (χ3v) is 16.1. The molecule has 8 aromatic rings. The summed E-state index contributed by atoms with van der Waals surface area (Å²) in [5.74, 6) is -3.20. The number of para-hydroxylation sites is 2. The van der Waals surface area contributed by atoms with Crippen LogP contribution >= 0.6 is 14.3 Å². The van der Waals surface area contributed by atoms with Crippen LogP contribution in [0.2, 0.25) is 0 Å². The van der Waals surface area contributed by atoms with Crippen molar-refractivity contribution in [3.8, 4) is 17.2 Å². The fourth-order valence-corrected chi connectivity index (χ4v) is 12.1. The molecule has 0 radical (unpaired) electrons. The van der Waals surface area contributed by atoms with E-state index in [-0.39, 0.29) is 56.7 Å². The molecule has 1 aromatic heterocycles. The van der Waals surface area contributed by atoms with Gasteiger partial charge < -0.3 is 23.4 Å². The zero-order valence-electron chi connectivity index (χ0n) is 34.7. The molecule has 8 rings (SSSR count). The van der Waals surface area contributed by atoms with Crippen molar-refractivity contribution in [3.63, 3.8) is 0 Å². The molecule has 0 unspecified atom stereocenters. The minimum atomic E-state index is -5.32. The number of halogens is 3. The molecular formula is C52H41F3GdO7P2. The molecule has 1 heterocycles. The molecule has 330 valence electrons. The van der Waals surface area contributed by atoms with Crippen molar-refractivity contribution in [2.24, 2.45) is 0 Å². The van der Waals surface area contributed by atoms with Gasteiger partial charge in [-0.25, -0.2) is 4.79 Å². The van der Waals surface area contributed by atoms with Crippen molar-refractivity contribution in [1.29, 1.82) is 0 Å². The number of carbonyl (C=O) groups is 1. The fraction of sp³-hybridized carbons (Fsp3) is 0.0385. The van der Waals surface area contributed by atoms with E-state index in [0.717, 1.165) is 31.8 Å². The number of ketones is 1. The van der Waals surface area contributed by atoms with Crippen molar-refractivity contribution in [2.75, 3.05) is 0 Å². The predicted molar refractivity (Wildman–Crippen MR) is 251 cm³/mol. The Kier molecular flexibility index (Phi) is 17.6. The molecule has 13 heteroatoms. The minimum absolute atomic E-state index is 0. The molecule has 7 nitrogen and oxygen atoms in total. The number of rotatable bonds is 10. The van der Waals surface area contributed by atoms with E-state index in [2.05, 4.69) is 6.58 Å². The molecule has 0 aliphatic heterocycles. The largest absolute Gasteiger partial charge is 0.506 e. The molecule has 0 spiro atoms. The third-order valence-electron chi connectivity index (χ3n) is 9.79. The molecule has 0 aliphatic carbocycles. The summed E-state index contributed by atoms with van der Waals surface area (Å²) < 4.78 is 75.6. The Labute approximate surface area is 406 Å². The van der Waals surface area contributed by atoms with Crippen molar-refractivity contribution < 1.29 is 81.3 Å². The van der Waals surface area contributed by atoms with Gasteiger partial charge in [0.1, 0.15) is 11.5 Å². The van der Waals surface area contributed by atoms with Crippen LogP contribution in [0.1, 0.15) is 17.3 Å². The van der Waals surface area contributed by atoms with Gasteiger partial charge in [-0.2, -0.15) is 13.2 Å². The zero-order chi connectivity index (χ0) is 45.7. The number of hydrogen-bond acceptors (Lipinski definition) is 7. The van der Waals surface area contributed by atoms with E-state index < -0.39 is 43.2 Å². The average molecular weight is 1050 g/mol. The number of benzene rings is 7. The molecule has 0 aliphatic rings. The first kappa shape index (κ1) is 50.1. The first-order valence-electron chi connectivity index (χ1n) is 19.7. The van der Waals surface area contributed by atoms with Crippen molar-refractivity contribution in [1.82, 2.24) is 0 Å². The van der Waals surface area contributed by atoms with Gasteiger partial charge in [-0.3, -0.25) is 4.79 Å². The van der Waals surface area contributed by atoms with Gasteiger partial charge in [0.2, 0.25) is 0 Å². The maximum Gasteiger partial charge on any atom is 0.455 e. The van der Waals surface area contributed by atoms with Gasteiger partial charge in [0.15, 0.2) is 31.2 Å². The second-order valence-corrected chi connectivity index (χ2v) is 19.3. The van der Waals surface area contributed by atoms with E-state index >= 15 is 0 Å². The Hall–Kier alpha value is -5.93. The number of fused-ring (bicyclic) bond motifs is 1. The number of Topliss-reactive ketones (excluding diaryl/α,β-unsaturated/α-hetero) is 1. The van der Waals surface area contributed by atoms with Gasteiger partial charge in [-0.15, -0.1) is 0 Å². The summed E-state index contributed by atoms with van der Waals surface area (Å²) in [7, 11) is -5.57. The van der Waals surface area contributed by atoms with Gasteiger partial charge in [-0.05, 0) is 31.2 Å². The van der Waals surface area contributed by atoms with E-state index in [1.54, 1.807) is 36.4 Å². The molecular weight excluding hydrogens is 1010 g/mol. The van der Waals surface area contributed by atoms with Gasteiger partial charge in [0.05, 0.1) is 5.39 Å². The van der Waals surface area contributed by atoms with Crippen molar-refractivity contribution in [2.45, 2.75) is 13.1 Å². The van der Waals surface area contributed by atoms with Gasteiger partial charge in [0.25, 0.3) is 5.78 Å². The maximum atomic E-state index is 13.8. The normalized spacial score (nSPS) is 11.4. The summed E-state index contributed by atoms with van der Waals surface area (Å²) in [5, 5.41) is 14.9. The quantitative estimate of drug-likeness (QED) is 0.0628. The van der Waals surface area contributed by atoms with Crippen LogP contribution in [0, 0.1) is 39.9 Å². The van der Waals surface area contributed by atoms with E-state index in [4.69, 9.17) is 9.15 Å². The van der Waals surface area contributed by atoms with Gasteiger partial charge in [-0.1, -0.05) is 195 Å². The summed E-state index contributed by atoms with van der Waals surface area (Å²) in [5.41, 5.74) is -3.33. The van der Waals surface area contributed by atoms with Crippen LogP contribution in [-0.2, 0) is 9.13 Å². The Morgan fingerprint density at radius 3 is 1.37 bits per heavy atom. The standard InChI is InChI=1S/C18H15OP.C17H9F3O5.C17H17OP.Gd/c19-20(16-10-4-1-5-11-16,17-12-6-2-7-13-17)18-14-8-3-9-15-18;18-17(19,20)15(22)12-13(21)10-7-4-8-11(14(10)25-16(12)23)24-9-5-2-1-3-6-9;1-3-15(4-2)19(18,16-11-7-5-8-12-16)17-13-9-6-10-14-17;/h1-15H;1-8,21H;3-14H,1H2,2H3;/b;;15-4+;. The first-order chi connectivity index (χ1) is 30.8. The monoisotopic (exact) mass is 1050 g/mol. The Bertz CT molecular complexity index is 2880. The van der Waals surface area contributed by atoms with Crippen LogP contribution in [0.25, 0.3) is 11.0 Å². The summed E-state index contributed by atoms with van der Waals surface area (Å²) >= 11 is 0. The number of allylic oxidation sites excluding steroid dienone is 3. The van der Waals surface area contributed by atoms with Crippen LogP contribution < -0.4 is 36.9 Å². The van der Waals surface area contributed by atoms with Crippen LogP contribution in [0.5, 0.6) is 17.2 Å². The minimum Gasteiger partial charge on any atom is -0.506 e. The Balaban J connectivity index is 0.000000184. The maximum absolute atomic E-state index is 13.8. The molecule has 1 N–H and O–H groups in total. The predicted octanol–water partition coefficient (Wildman–Crippen LogP) is 11.5. The van der Waals surface area contributed by atoms with E-state index in [1.807, 2.05) is 165 Å². The van der Waals surface area contributed by atoms with E-state index in [1.165, 1.54) is 18.2 Å². The van der Waals surface area contributed by atoms with E-state index in [0.29, 0.717) is 5.75 Å². The molecule has 65 heavy (non-hydrogen) atoms. The van der Waals surface area contributed by atoms with Crippen LogP contribution in [0.15, 0.2) is 233 Å². The number of ether oxygens (including phenoxy) is 1. The molecule has 0 saturated heterocycles. The van der Waals surface area contributed by atoms with Gasteiger partial charge in [0, 0.05) is 71.8 Å². The fourth-order valence-electron chi connectivity index (χ4n) is 6.73.